The van der Waals surface area contributed by atoms with Gasteiger partial charge in [0, 0.05) is 22.8 Å². The Labute approximate surface area is 217 Å². The maximum Gasteiger partial charge on any atom is 0.248 e. The number of carbonyl (C=O) groups is 2. The SMILES string of the molecule is Cc1ncsc1/C=C/c1ccc(O)c2c1CC1CC3C(N(C)C)C(O)=C(C(N)=O)CC3(O)C(O)=C1C2=O. The number of allylic oxidation sites excluding steroid dienone is 1. The zero-order chi connectivity index (χ0) is 26.8. The van der Waals surface area contributed by atoms with Gasteiger partial charge >= 0.3 is 0 Å². The minimum atomic E-state index is -1.97. The summed E-state index contributed by atoms with van der Waals surface area (Å²) in [5.74, 6) is -3.58. The van der Waals surface area contributed by atoms with E-state index in [-0.39, 0.29) is 34.6 Å². The van der Waals surface area contributed by atoms with Crippen molar-refractivity contribution < 1.29 is 30.0 Å². The number of nitrogens with two attached hydrogens (primary N) is 1. The lowest BCUT2D eigenvalue weighted by molar-refractivity contribution is -0.118. The molecule has 4 atom stereocenters. The minimum absolute atomic E-state index is 0.0312. The predicted octanol–water partition coefficient (Wildman–Crippen LogP) is 2.88. The van der Waals surface area contributed by atoms with Gasteiger partial charge in [-0.05, 0) is 63.0 Å². The topological polar surface area (TPSA) is 157 Å². The molecule has 0 fully saturated rings. The van der Waals surface area contributed by atoms with Crippen LogP contribution in [-0.2, 0) is 11.2 Å². The number of amides is 1. The van der Waals surface area contributed by atoms with E-state index in [4.69, 9.17) is 5.73 Å². The number of aliphatic hydroxyl groups is 3. The number of likely N-dealkylation sites (N-methyl/N-ethyl adjacent to an activating group) is 1. The van der Waals surface area contributed by atoms with Crippen LogP contribution in [0.25, 0.3) is 12.2 Å². The fourth-order valence-corrected chi connectivity index (χ4v) is 6.84. The van der Waals surface area contributed by atoms with Crippen LogP contribution in [0.5, 0.6) is 5.75 Å². The highest BCUT2D eigenvalue weighted by atomic mass is 32.1. The van der Waals surface area contributed by atoms with E-state index in [1.54, 1.807) is 30.6 Å². The summed E-state index contributed by atoms with van der Waals surface area (Å²) in [6.07, 6.45) is 4.01. The van der Waals surface area contributed by atoms with Crippen LogP contribution < -0.4 is 5.73 Å². The van der Waals surface area contributed by atoms with E-state index >= 15 is 0 Å². The Bertz CT molecular complexity index is 1420. The summed E-state index contributed by atoms with van der Waals surface area (Å²) >= 11 is 1.50. The Morgan fingerprint density at radius 2 is 1.97 bits per heavy atom. The van der Waals surface area contributed by atoms with E-state index in [1.807, 2.05) is 19.1 Å². The summed E-state index contributed by atoms with van der Waals surface area (Å²) in [5.41, 5.74) is 7.53. The van der Waals surface area contributed by atoms with Crippen LogP contribution in [-0.4, -0.2) is 67.7 Å². The van der Waals surface area contributed by atoms with Gasteiger partial charge in [-0.25, -0.2) is 4.98 Å². The van der Waals surface area contributed by atoms with Crippen molar-refractivity contribution in [2.24, 2.45) is 17.6 Å². The Morgan fingerprint density at radius 3 is 2.59 bits per heavy atom. The maximum atomic E-state index is 13.7. The molecule has 1 aromatic carbocycles. The second-order valence-electron chi connectivity index (χ2n) is 10.2. The molecule has 0 radical (unpaired) electrons. The lowest BCUT2D eigenvalue weighted by Gasteiger charge is -2.51. The molecule has 0 saturated carbocycles. The summed E-state index contributed by atoms with van der Waals surface area (Å²) < 4.78 is 0. The van der Waals surface area contributed by atoms with Crippen molar-refractivity contribution in [3.8, 4) is 5.75 Å². The molecule has 3 aliphatic carbocycles. The van der Waals surface area contributed by atoms with Crippen LogP contribution in [0.2, 0.25) is 0 Å². The number of thiazole rings is 1. The van der Waals surface area contributed by atoms with Crippen LogP contribution in [0.4, 0.5) is 0 Å². The number of primary amides is 1. The van der Waals surface area contributed by atoms with Gasteiger partial charge < -0.3 is 26.2 Å². The van der Waals surface area contributed by atoms with Crippen LogP contribution in [0.1, 0.15) is 44.9 Å². The second-order valence-corrected chi connectivity index (χ2v) is 11.1. The third kappa shape index (κ3) is 3.78. The number of hydrogen-bond acceptors (Lipinski definition) is 9. The van der Waals surface area contributed by atoms with Crippen LogP contribution in [0.15, 0.2) is 40.3 Å². The number of rotatable bonds is 4. The first-order valence-corrected chi connectivity index (χ1v) is 12.9. The molecule has 6 N–H and O–H groups in total. The number of Topliss-reactive ketones (excluding diaryl/α,β-unsaturated/α-hetero) is 1. The highest BCUT2D eigenvalue weighted by molar-refractivity contribution is 7.10. The average Bonchev–Trinajstić information content (AvgIpc) is 3.24. The Balaban J connectivity index is 1.63. The summed E-state index contributed by atoms with van der Waals surface area (Å²) in [6, 6.07) is 2.40. The molecule has 0 spiro atoms. The number of aliphatic hydroxyl groups excluding tert-OH is 2. The van der Waals surface area contributed by atoms with Crippen molar-refractivity contribution in [3.63, 3.8) is 0 Å². The molecular weight excluding hydrogens is 494 g/mol. The fraction of sp³-hybridized carbons (Fsp3) is 0.370. The fourth-order valence-electron chi connectivity index (χ4n) is 6.15. The van der Waals surface area contributed by atoms with Gasteiger partial charge in [0.1, 0.15) is 22.9 Å². The molecule has 1 heterocycles. The van der Waals surface area contributed by atoms with Gasteiger partial charge in [-0.2, -0.15) is 0 Å². The predicted molar refractivity (Wildman–Crippen MR) is 139 cm³/mol. The number of ketones is 1. The molecule has 4 unspecified atom stereocenters. The Morgan fingerprint density at radius 1 is 1.24 bits per heavy atom. The van der Waals surface area contributed by atoms with E-state index in [2.05, 4.69) is 4.98 Å². The van der Waals surface area contributed by atoms with Gasteiger partial charge in [-0.15, -0.1) is 11.3 Å². The highest BCUT2D eigenvalue weighted by Gasteiger charge is 2.58. The molecule has 3 aliphatic rings. The van der Waals surface area contributed by atoms with Gasteiger partial charge in [0.2, 0.25) is 5.91 Å². The highest BCUT2D eigenvalue weighted by Crippen LogP contribution is 2.53. The van der Waals surface area contributed by atoms with Gasteiger partial charge in [0.05, 0.1) is 28.4 Å². The number of phenols is 1. The average molecular weight is 524 g/mol. The Hall–Kier alpha value is -3.47. The number of hydrogen-bond donors (Lipinski definition) is 5. The quantitative estimate of drug-likeness (QED) is 0.409. The summed E-state index contributed by atoms with van der Waals surface area (Å²) in [4.78, 5) is 32.7. The van der Waals surface area contributed by atoms with E-state index < -0.39 is 47.3 Å². The van der Waals surface area contributed by atoms with Crippen LogP contribution >= 0.6 is 11.3 Å². The number of aromatic nitrogens is 1. The van der Waals surface area contributed by atoms with Gasteiger partial charge in [0.15, 0.2) is 5.78 Å². The van der Waals surface area contributed by atoms with E-state index in [9.17, 15) is 30.0 Å². The Kier molecular flexibility index (Phi) is 6.01. The lowest BCUT2D eigenvalue weighted by Crippen LogP contribution is -2.59. The van der Waals surface area contributed by atoms with Gasteiger partial charge in [0.25, 0.3) is 0 Å². The van der Waals surface area contributed by atoms with Crippen molar-refractivity contribution in [2.45, 2.75) is 37.8 Å². The number of aryl methyl sites for hydroxylation is 1. The van der Waals surface area contributed by atoms with Crippen LogP contribution in [0, 0.1) is 18.8 Å². The van der Waals surface area contributed by atoms with Crippen molar-refractivity contribution in [3.05, 3.63) is 67.6 Å². The molecule has 1 aromatic heterocycles. The molecule has 5 rings (SSSR count). The van der Waals surface area contributed by atoms with Crippen molar-refractivity contribution in [1.82, 2.24) is 9.88 Å². The number of nitrogens with zero attached hydrogens (tertiary/aromatic N) is 2. The molecule has 0 aliphatic heterocycles. The molecule has 9 nitrogen and oxygen atoms in total. The largest absolute Gasteiger partial charge is 0.510 e. The molecule has 0 bridgehead atoms. The van der Waals surface area contributed by atoms with E-state index in [1.165, 1.54) is 17.4 Å². The maximum absolute atomic E-state index is 13.7. The monoisotopic (exact) mass is 523 g/mol. The molecule has 10 heteroatoms. The summed E-state index contributed by atoms with van der Waals surface area (Å²) in [6.45, 7) is 1.91. The molecule has 0 saturated heterocycles. The van der Waals surface area contributed by atoms with E-state index in [0.717, 1.165) is 16.1 Å². The summed E-state index contributed by atoms with van der Waals surface area (Å²) in [5, 5.41) is 44.7. The lowest BCUT2D eigenvalue weighted by atomic mass is 9.59. The number of benzene rings is 1. The number of carbonyl (C=O) groups excluding carboxylic acids is 2. The third-order valence-electron chi connectivity index (χ3n) is 7.94. The van der Waals surface area contributed by atoms with Crippen molar-refractivity contribution in [1.29, 1.82) is 0 Å². The molecular formula is C27H29N3O6S. The number of fused-ring (bicyclic) bond motifs is 3. The summed E-state index contributed by atoms with van der Waals surface area (Å²) in [7, 11) is 3.40. The smallest absolute Gasteiger partial charge is 0.248 e. The number of phenolic OH excluding ortho intramolecular Hbond substituents is 1. The second kappa shape index (κ2) is 8.83. The van der Waals surface area contributed by atoms with Crippen LogP contribution in [0.3, 0.4) is 0 Å². The molecule has 2 aromatic rings. The zero-order valence-corrected chi connectivity index (χ0v) is 21.5. The molecule has 37 heavy (non-hydrogen) atoms. The number of aromatic hydroxyl groups is 1. The standard InChI is InChI=1S/C27H29N3O6S/c1-12-19(37-11-29-12)7-5-13-4-6-18(31)21-15(13)8-14-9-17-22(30(2)3)23(32)16(26(28)35)10-27(17,36)25(34)20(14)24(21)33/h4-7,11,14,17,22,31-32,34,36H,8-10H2,1-3H3,(H2,28,35)/b7-5+. The van der Waals surface area contributed by atoms with E-state index in [0.29, 0.717) is 12.0 Å². The molecule has 1 amide bonds. The third-order valence-corrected chi connectivity index (χ3v) is 8.84. The zero-order valence-electron chi connectivity index (χ0n) is 20.7. The minimum Gasteiger partial charge on any atom is -0.510 e. The van der Waals surface area contributed by atoms with Crippen molar-refractivity contribution >= 4 is 35.2 Å². The molecule has 194 valence electrons. The van der Waals surface area contributed by atoms with Gasteiger partial charge in [-0.3, -0.25) is 14.5 Å². The van der Waals surface area contributed by atoms with Gasteiger partial charge in [-0.1, -0.05) is 12.1 Å². The first-order valence-electron chi connectivity index (χ1n) is 12.0. The van der Waals surface area contributed by atoms with Crippen molar-refractivity contribution in [2.75, 3.05) is 14.1 Å². The first kappa shape index (κ1) is 25.2. The first-order chi connectivity index (χ1) is 17.5. The normalized spacial score (nSPS) is 27.5.